The molecule has 36 heavy (non-hydrogen) atoms. The Bertz CT molecular complexity index is 1720. The Hall–Kier alpha value is -3.94. The predicted octanol–water partition coefficient (Wildman–Crippen LogP) is 5.11. The van der Waals surface area contributed by atoms with Crippen molar-refractivity contribution in [2.45, 2.75) is 23.7 Å². The summed E-state index contributed by atoms with van der Waals surface area (Å²) in [5.74, 6) is -0.882. The molecule has 0 spiro atoms. The highest BCUT2D eigenvalue weighted by Gasteiger charge is 2.43. The number of phenolic OH excluding ortho intramolecular Hbond substituents is 1. The lowest BCUT2D eigenvalue weighted by atomic mass is 9.80. The molecule has 0 bridgehead atoms. The van der Waals surface area contributed by atoms with E-state index >= 15 is 0 Å². The standard InChI is InChI=1S/C29H24N2O4S/c1-16-25(22-13-11-17-7-3-4-8-19(17)28(22)32)20-9-5-6-10-21(20)26(16)27-23-15-18(36(34,35)30-2)12-14-24(23)31-29(27)33/h3-15,26-27,30,32H,1-2H3,(H,31,33). The monoisotopic (exact) mass is 496 g/mol. The number of hydrogen-bond acceptors (Lipinski definition) is 4. The highest BCUT2D eigenvalue weighted by molar-refractivity contribution is 7.89. The van der Waals surface area contributed by atoms with Gasteiger partial charge in [0, 0.05) is 22.6 Å². The van der Waals surface area contributed by atoms with E-state index in [4.69, 9.17) is 0 Å². The molecule has 0 fully saturated rings. The van der Waals surface area contributed by atoms with Gasteiger partial charge in [0.15, 0.2) is 0 Å². The van der Waals surface area contributed by atoms with Crippen LogP contribution in [0.5, 0.6) is 5.75 Å². The molecular formula is C29H24N2O4S. The second kappa shape index (κ2) is 8.05. The third-order valence-corrected chi connectivity index (χ3v) is 8.82. The molecule has 1 amide bonds. The van der Waals surface area contributed by atoms with E-state index in [0.717, 1.165) is 33.0 Å². The maximum absolute atomic E-state index is 13.3. The number of aromatic hydroxyl groups is 1. The number of rotatable bonds is 4. The molecule has 2 unspecified atom stereocenters. The molecule has 7 heteroatoms. The van der Waals surface area contributed by atoms with Crippen molar-refractivity contribution in [1.29, 1.82) is 0 Å². The molecule has 4 aromatic carbocycles. The van der Waals surface area contributed by atoms with E-state index in [-0.39, 0.29) is 22.5 Å². The molecule has 1 aliphatic heterocycles. The molecule has 180 valence electrons. The molecule has 0 aromatic heterocycles. The molecule has 0 saturated carbocycles. The Morgan fingerprint density at radius 1 is 0.861 bits per heavy atom. The summed E-state index contributed by atoms with van der Waals surface area (Å²) in [7, 11) is -2.31. The quantitative estimate of drug-likeness (QED) is 0.366. The molecular weight excluding hydrogens is 472 g/mol. The van der Waals surface area contributed by atoms with E-state index in [0.29, 0.717) is 16.8 Å². The van der Waals surface area contributed by atoms with Gasteiger partial charge in [-0.25, -0.2) is 13.1 Å². The number of benzene rings is 4. The number of hydrogen-bond donors (Lipinski definition) is 3. The SMILES string of the molecule is CNS(=O)(=O)c1ccc2c(c1)C(C1C(C)=C(c3ccc4ccccc4c3O)c3ccccc31)C(=O)N2. The second-order valence-electron chi connectivity index (χ2n) is 9.23. The summed E-state index contributed by atoms with van der Waals surface area (Å²) in [4.78, 5) is 13.5. The van der Waals surface area contributed by atoms with Crippen molar-refractivity contribution >= 4 is 38.0 Å². The average Bonchev–Trinajstić information content (AvgIpc) is 3.36. The first-order chi connectivity index (χ1) is 17.3. The van der Waals surface area contributed by atoms with Crippen molar-refractivity contribution in [2.24, 2.45) is 0 Å². The average molecular weight is 497 g/mol. The lowest BCUT2D eigenvalue weighted by Crippen LogP contribution is -2.20. The predicted molar refractivity (Wildman–Crippen MR) is 141 cm³/mol. The third kappa shape index (κ3) is 3.20. The van der Waals surface area contributed by atoms with Gasteiger partial charge in [-0.3, -0.25) is 4.79 Å². The maximum Gasteiger partial charge on any atom is 0.240 e. The molecule has 2 atom stereocenters. The Morgan fingerprint density at radius 3 is 2.42 bits per heavy atom. The van der Waals surface area contributed by atoms with Crippen LogP contribution in [-0.2, 0) is 14.8 Å². The summed E-state index contributed by atoms with van der Waals surface area (Å²) in [6, 6.07) is 24.3. The fourth-order valence-electron chi connectivity index (χ4n) is 5.72. The van der Waals surface area contributed by atoms with Gasteiger partial charge in [-0.15, -0.1) is 0 Å². The lowest BCUT2D eigenvalue weighted by molar-refractivity contribution is -0.117. The summed E-state index contributed by atoms with van der Waals surface area (Å²) < 4.78 is 27.4. The zero-order chi connectivity index (χ0) is 25.2. The van der Waals surface area contributed by atoms with Crippen molar-refractivity contribution < 1.29 is 18.3 Å². The van der Waals surface area contributed by atoms with E-state index in [9.17, 15) is 18.3 Å². The van der Waals surface area contributed by atoms with Gasteiger partial charge in [0.2, 0.25) is 15.9 Å². The van der Waals surface area contributed by atoms with Gasteiger partial charge >= 0.3 is 0 Å². The molecule has 1 aliphatic carbocycles. The number of anilines is 1. The van der Waals surface area contributed by atoms with Gasteiger partial charge in [-0.05, 0) is 59.8 Å². The number of phenols is 1. The van der Waals surface area contributed by atoms with E-state index in [1.807, 2.05) is 67.6 Å². The highest BCUT2D eigenvalue weighted by Crippen LogP contribution is 2.55. The number of fused-ring (bicyclic) bond motifs is 3. The van der Waals surface area contributed by atoms with Gasteiger partial charge in [0.25, 0.3) is 0 Å². The number of carbonyl (C=O) groups excluding carboxylic acids is 1. The third-order valence-electron chi connectivity index (χ3n) is 7.41. The normalized spacial score (nSPS) is 18.9. The fourth-order valence-corrected chi connectivity index (χ4v) is 6.49. The summed E-state index contributed by atoms with van der Waals surface area (Å²) in [6.07, 6.45) is 0. The number of carbonyl (C=O) groups is 1. The van der Waals surface area contributed by atoms with Gasteiger partial charge in [-0.1, -0.05) is 66.2 Å². The lowest BCUT2D eigenvalue weighted by Gasteiger charge is -2.21. The van der Waals surface area contributed by atoms with Crippen molar-refractivity contribution in [3.63, 3.8) is 0 Å². The molecule has 3 N–H and O–H groups in total. The minimum absolute atomic E-state index is 0.116. The summed E-state index contributed by atoms with van der Waals surface area (Å²) >= 11 is 0. The summed E-state index contributed by atoms with van der Waals surface area (Å²) in [5, 5.41) is 15.9. The summed E-state index contributed by atoms with van der Waals surface area (Å²) in [5.41, 5.74) is 5.78. The first-order valence-electron chi connectivity index (χ1n) is 11.7. The van der Waals surface area contributed by atoms with Crippen LogP contribution in [-0.4, -0.2) is 26.5 Å². The van der Waals surface area contributed by atoms with Crippen LogP contribution in [0.25, 0.3) is 16.3 Å². The topological polar surface area (TPSA) is 95.5 Å². The van der Waals surface area contributed by atoms with Crippen LogP contribution in [0.3, 0.4) is 0 Å². The van der Waals surface area contributed by atoms with Gasteiger partial charge in [0.05, 0.1) is 10.8 Å². The fraction of sp³-hybridized carbons (Fsp3) is 0.138. The number of sulfonamides is 1. The second-order valence-corrected chi connectivity index (χ2v) is 11.1. The molecule has 6 nitrogen and oxygen atoms in total. The number of allylic oxidation sites excluding steroid dienone is 1. The number of nitrogens with one attached hydrogen (secondary N) is 2. The van der Waals surface area contributed by atoms with Crippen LogP contribution >= 0.6 is 0 Å². The van der Waals surface area contributed by atoms with Crippen LogP contribution < -0.4 is 10.0 Å². The molecule has 0 saturated heterocycles. The van der Waals surface area contributed by atoms with Crippen molar-refractivity contribution in [3.05, 3.63) is 107 Å². The first kappa shape index (κ1) is 22.5. The van der Waals surface area contributed by atoms with Gasteiger partial charge in [-0.2, -0.15) is 0 Å². The molecule has 6 rings (SSSR count). The van der Waals surface area contributed by atoms with Crippen LogP contribution in [0.2, 0.25) is 0 Å². The van der Waals surface area contributed by atoms with E-state index < -0.39 is 15.9 Å². The Labute approximate surface area is 209 Å². The summed E-state index contributed by atoms with van der Waals surface area (Å²) in [6.45, 7) is 1.99. The Morgan fingerprint density at radius 2 is 1.61 bits per heavy atom. The molecule has 2 aliphatic rings. The smallest absolute Gasteiger partial charge is 0.240 e. The Kier molecular flexibility index (Phi) is 5.03. The maximum atomic E-state index is 13.3. The van der Waals surface area contributed by atoms with Crippen LogP contribution in [0, 0.1) is 0 Å². The Balaban J connectivity index is 1.56. The van der Waals surface area contributed by atoms with Gasteiger partial charge in [0.1, 0.15) is 5.75 Å². The highest BCUT2D eigenvalue weighted by atomic mass is 32.2. The van der Waals surface area contributed by atoms with E-state index in [1.54, 1.807) is 12.1 Å². The van der Waals surface area contributed by atoms with Crippen LogP contribution in [0.4, 0.5) is 5.69 Å². The van der Waals surface area contributed by atoms with Crippen molar-refractivity contribution in [3.8, 4) is 5.75 Å². The zero-order valence-electron chi connectivity index (χ0n) is 19.7. The minimum atomic E-state index is -3.67. The van der Waals surface area contributed by atoms with Gasteiger partial charge < -0.3 is 10.4 Å². The van der Waals surface area contributed by atoms with E-state index in [2.05, 4.69) is 10.0 Å². The van der Waals surface area contributed by atoms with Crippen molar-refractivity contribution in [1.82, 2.24) is 4.72 Å². The zero-order valence-corrected chi connectivity index (χ0v) is 20.6. The molecule has 0 radical (unpaired) electrons. The first-order valence-corrected chi connectivity index (χ1v) is 13.2. The number of amides is 1. The largest absolute Gasteiger partial charge is 0.507 e. The van der Waals surface area contributed by atoms with Crippen molar-refractivity contribution in [2.75, 3.05) is 12.4 Å². The molecule has 1 heterocycles. The van der Waals surface area contributed by atoms with Crippen LogP contribution in [0.15, 0.2) is 89.3 Å². The molecule has 4 aromatic rings. The minimum Gasteiger partial charge on any atom is -0.507 e. The van der Waals surface area contributed by atoms with E-state index in [1.165, 1.54) is 13.1 Å². The van der Waals surface area contributed by atoms with Crippen LogP contribution in [0.1, 0.15) is 41.0 Å².